The van der Waals surface area contributed by atoms with Crippen LogP contribution in [0.15, 0.2) is 54.7 Å². The molecule has 1 aromatic heterocycles. The Morgan fingerprint density at radius 1 is 1.12 bits per heavy atom. The molecule has 1 amide bonds. The number of benzene rings is 2. The molecular formula is C21H22N2O2. The van der Waals surface area contributed by atoms with Crippen LogP contribution in [-0.4, -0.2) is 28.5 Å². The van der Waals surface area contributed by atoms with Crippen molar-refractivity contribution in [2.45, 2.75) is 26.4 Å². The first kappa shape index (κ1) is 15.8. The summed E-state index contributed by atoms with van der Waals surface area (Å²) >= 11 is 0. The Morgan fingerprint density at radius 3 is 2.80 bits per heavy atom. The van der Waals surface area contributed by atoms with Crippen molar-refractivity contribution in [2.24, 2.45) is 0 Å². The summed E-state index contributed by atoms with van der Waals surface area (Å²) in [5.41, 5.74) is 3.69. The van der Waals surface area contributed by atoms with Gasteiger partial charge in [0.2, 0.25) is 5.91 Å². The molecule has 25 heavy (non-hydrogen) atoms. The molecule has 1 aliphatic rings. The van der Waals surface area contributed by atoms with Gasteiger partial charge in [-0.25, -0.2) is 0 Å². The molecule has 2 heterocycles. The van der Waals surface area contributed by atoms with Crippen molar-refractivity contribution in [1.82, 2.24) is 9.47 Å². The average Bonchev–Trinajstić information content (AvgIpc) is 3.03. The number of carbonyl (C=O) groups excluding carboxylic acids is 1. The minimum atomic E-state index is 0.167. The van der Waals surface area contributed by atoms with E-state index in [1.165, 1.54) is 11.1 Å². The third-order valence-corrected chi connectivity index (χ3v) is 4.84. The first-order valence-corrected chi connectivity index (χ1v) is 8.81. The highest BCUT2D eigenvalue weighted by Gasteiger charge is 2.20. The highest BCUT2D eigenvalue weighted by Crippen LogP contribution is 2.23. The molecule has 4 nitrogen and oxygen atoms in total. The Balaban J connectivity index is 1.51. The molecule has 4 rings (SSSR count). The lowest BCUT2D eigenvalue weighted by Gasteiger charge is -2.29. The summed E-state index contributed by atoms with van der Waals surface area (Å²) in [6.07, 6.45) is 2.92. The molecule has 2 aromatic carbocycles. The van der Waals surface area contributed by atoms with Gasteiger partial charge >= 0.3 is 0 Å². The van der Waals surface area contributed by atoms with Gasteiger partial charge in [0, 0.05) is 30.2 Å². The molecule has 0 N–H and O–H groups in total. The molecular weight excluding hydrogens is 312 g/mol. The summed E-state index contributed by atoms with van der Waals surface area (Å²) in [6.45, 7) is 4.51. The fourth-order valence-electron chi connectivity index (χ4n) is 3.53. The van der Waals surface area contributed by atoms with E-state index in [-0.39, 0.29) is 5.91 Å². The lowest BCUT2D eigenvalue weighted by molar-refractivity contribution is -0.132. The molecule has 0 atom stereocenters. The Hall–Kier alpha value is -2.75. The summed E-state index contributed by atoms with van der Waals surface area (Å²) in [5.74, 6) is 1.03. The number of rotatable bonds is 4. The highest BCUT2D eigenvalue weighted by molar-refractivity contribution is 5.84. The zero-order chi connectivity index (χ0) is 17.2. The maximum atomic E-state index is 12.8. The van der Waals surface area contributed by atoms with Gasteiger partial charge in [0.15, 0.2) is 0 Å². The summed E-state index contributed by atoms with van der Waals surface area (Å²) in [4.78, 5) is 14.7. The number of aromatic nitrogens is 1. The predicted molar refractivity (Wildman–Crippen MR) is 98.7 cm³/mol. The zero-order valence-corrected chi connectivity index (χ0v) is 14.4. The van der Waals surface area contributed by atoms with Gasteiger partial charge in [-0.1, -0.05) is 24.3 Å². The van der Waals surface area contributed by atoms with E-state index in [1.807, 2.05) is 52.9 Å². The van der Waals surface area contributed by atoms with Gasteiger partial charge in [0.05, 0.1) is 6.61 Å². The number of carbonyl (C=O) groups is 1. The average molecular weight is 334 g/mol. The van der Waals surface area contributed by atoms with Crippen LogP contribution in [-0.2, 0) is 24.3 Å². The zero-order valence-electron chi connectivity index (χ0n) is 14.4. The molecule has 3 aromatic rings. The molecule has 1 aliphatic heterocycles. The van der Waals surface area contributed by atoms with Crippen molar-refractivity contribution in [3.05, 3.63) is 65.9 Å². The summed E-state index contributed by atoms with van der Waals surface area (Å²) in [5, 5.41) is 1.10. The lowest BCUT2D eigenvalue weighted by Crippen LogP contribution is -2.37. The van der Waals surface area contributed by atoms with Crippen LogP contribution in [0.3, 0.4) is 0 Å². The van der Waals surface area contributed by atoms with Crippen molar-refractivity contribution in [1.29, 1.82) is 0 Å². The second kappa shape index (κ2) is 6.63. The van der Waals surface area contributed by atoms with Crippen LogP contribution in [0.5, 0.6) is 5.75 Å². The van der Waals surface area contributed by atoms with E-state index in [2.05, 4.69) is 18.2 Å². The Labute approximate surface area is 147 Å². The predicted octanol–water partition coefficient (Wildman–Crippen LogP) is 3.62. The second-order valence-electron chi connectivity index (χ2n) is 6.43. The second-order valence-corrected chi connectivity index (χ2v) is 6.43. The van der Waals surface area contributed by atoms with Gasteiger partial charge in [-0.15, -0.1) is 0 Å². The first-order valence-electron chi connectivity index (χ1n) is 8.81. The number of hydrogen-bond acceptors (Lipinski definition) is 2. The van der Waals surface area contributed by atoms with Crippen LogP contribution in [0.2, 0.25) is 0 Å². The summed E-state index contributed by atoms with van der Waals surface area (Å²) in [7, 11) is 0. The number of hydrogen-bond donors (Lipinski definition) is 0. The molecule has 0 unspecified atom stereocenters. The minimum Gasteiger partial charge on any atom is -0.494 e. The number of amides is 1. The van der Waals surface area contributed by atoms with Gasteiger partial charge in [0.25, 0.3) is 0 Å². The van der Waals surface area contributed by atoms with Crippen LogP contribution in [0.1, 0.15) is 18.1 Å². The van der Waals surface area contributed by atoms with Crippen LogP contribution in [0, 0.1) is 0 Å². The van der Waals surface area contributed by atoms with Crippen LogP contribution in [0.25, 0.3) is 10.9 Å². The SMILES string of the molecule is CCOc1ccc2c(ccn2CC(=O)N2CCc3ccccc3C2)c1. The standard InChI is InChI=1S/C21H22N2O2/c1-2-25-19-7-8-20-17(13-19)10-11-22(20)15-21(24)23-12-9-16-5-3-4-6-18(16)14-23/h3-8,10-11,13H,2,9,12,14-15H2,1H3. The fraction of sp³-hybridized carbons (Fsp3) is 0.286. The Kier molecular flexibility index (Phi) is 4.18. The van der Waals surface area contributed by atoms with E-state index in [0.29, 0.717) is 19.7 Å². The van der Waals surface area contributed by atoms with Crippen LogP contribution < -0.4 is 4.74 Å². The smallest absolute Gasteiger partial charge is 0.242 e. The molecule has 128 valence electrons. The lowest BCUT2D eigenvalue weighted by atomic mass is 10.00. The number of nitrogens with zero attached hydrogens (tertiary/aromatic N) is 2. The van der Waals surface area contributed by atoms with Gasteiger partial charge in [-0.2, -0.15) is 0 Å². The van der Waals surface area contributed by atoms with Crippen molar-refractivity contribution >= 4 is 16.8 Å². The monoisotopic (exact) mass is 334 g/mol. The maximum Gasteiger partial charge on any atom is 0.242 e. The van der Waals surface area contributed by atoms with Crippen molar-refractivity contribution in [3.63, 3.8) is 0 Å². The van der Waals surface area contributed by atoms with Crippen molar-refractivity contribution in [3.8, 4) is 5.75 Å². The van der Waals surface area contributed by atoms with E-state index in [4.69, 9.17) is 4.74 Å². The highest BCUT2D eigenvalue weighted by atomic mass is 16.5. The van der Waals surface area contributed by atoms with E-state index >= 15 is 0 Å². The number of ether oxygens (including phenoxy) is 1. The third-order valence-electron chi connectivity index (χ3n) is 4.84. The molecule has 4 heteroatoms. The van der Waals surface area contributed by atoms with Crippen molar-refractivity contribution < 1.29 is 9.53 Å². The quantitative estimate of drug-likeness (QED) is 0.730. The largest absolute Gasteiger partial charge is 0.494 e. The van der Waals surface area contributed by atoms with Gasteiger partial charge in [-0.05, 0) is 48.7 Å². The normalized spacial score (nSPS) is 13.7. The van der Waals surface area contributed by atoms with E-state index in [9.17, 15) is 4.79 Å². The minimum absolute atomic E-state index is 0.167. The third kappa shape index (κ3) is 3.12. The Morgan fingerprint density at radius 2 is 1.96 bits per heavy atom. The molecule has 0 fully saturated rings. The molecule has 0 saturated heterocycles. The van der Waals surface area contributed by atoms with Gasteiger partial charge in [-0.3, -0.25) is 4.79 Å². The first-order chi connectivity index (χ1) is 12.2. The molecule has 0 bridgehead atoms. The van der Waals surface area contributed by atoms with E-state index in [0.717, 1.165) is 29.6 Å². The Bertz CT molecular complexity index is 913. The maximum absolute atomic E-state index is 12.8. The molecule has 0 radical (unpaired) electrons. The van der Waals surface area contributed by atoms with Crippen molar-refractivity contribution in [2.75, 3.05) is 13.2 Å². The summed E-state index contributed by atoms with van der Waals surface area (Å²) in [6, 6.07) is 16.4. The molecule has 0 aliphatic carbocycles. The van der Waals surface area contributed by atoms with Gasteiger partial charge in [0.1, 0.15) is 12.3 Å². The molecule has 0 saturated carbocycles. The summed E-state index contributed by atoms with van der Waals surface area (Å²) < 4.78 is 7.57. The van der Waals surface area contributed by atoms with Gasteiger partial charge < -0.3 is 14.2 Å². The van der Waals surface area contributed by atoms with E-state index in [1.54, 1.807) is 0 Å². The number of fused-ring (bicyclic) bond motifs is 2. The fourth-order valence-corrected chi connectivity index (χ4v) is 3.53. The molecule has 0 spiro atoms. The topological polar surface area (TPSA) is 34.5 Å². The van der Waals surface area contributed by atoms with Crippen LogP contribution in [0.4, 0.5) is 0 Å². The van der Waals surface area contributed by atoms with E-state index < -0.39 is 0 Å². The van der Waals surface area contributed by atoms with Crippen LogP contribution >= 0.6 is 0 Å².